The molecule has 0 saturated carbocycles. The van der Waals surface area contributed by atoms with Gasteiger partial charge in [-0.2, -0.15) is 0 Å². The highest BCUT2D eigenvalue weighted by Crippen LogP contribution is 2.32. The first kappa shape index (κ1) is 19.5. The van der Waals surface area contributed by atoms with E-state index in [-0.39, 0.29) is 29.9 Å². The Kier molecular flexibility index (Phi) is 5.81. The highest BCUT2D eigenvalue weighted by atomic mass is 32.2. The lowest BCUT2D eigenvalue weighted by atomic mass is 10.1. The molecule has 2 aliphatic heterocycles. The van der Waals surface area contributed by atoms with Crippen LogP contribution in [0.25, 0.3) is 0 Å². The summed E-state index contributed by atoms with van der Waals surface area (Å²) in [6.07, 6.45) is 1.59. The van der Waals surface area contributed by atoms with Crippen molar-refractivity contribution in [2.75, 3.05) is 5.75 Å². The third kappa shape index (κ3) is 4.60. The lowest BCUT2D eigenvalue weighted by Crippen LogP contribution is -2.32. The predicted molar refractivity (Wildman–Crippen MR) is 112 cm³/mol. The highest BCUT2D eigenvalue weighted by Gasteiger charge is 2.40. The highest BCUT2D eigenvalue weighted by molar-refractivity contribution is 8.15. The predicted octanol–water partition coefficient (Wildman–Crippen LogP) is 3.12. The zero-order valence-electron chi connectivity index (χ0n) is 15.1. The Morgan fingerprint density at radius 1 is 1.17 bits per heavy atom. The van der Waals surface area contributed by atoms with Crippen molar-refractivity contribution in [1.82, 2.24) is 10.2 Å². The zero-order chi connectivity index (χ0) is 20.2. The number of amidine groups is 2. The van der Waals surface area contributed by atoms with E-state index in [1.54, 1.807) is 36.4 Å². The molecule has 2 aliphatic rings. The van der Waals surface area contributed by atoms with Crippen molar-refractivity contribution in [3.8, 4) is 0 Å². The Bertz CT molecular complexity index is 989. The Hall–Kier alpha value is -2.85. The summed E-state index contributed by atoms with van der Waals surface area (Å²) in [6.45, 7) is 0.194. The maximum Gasteiger partial charge on any atom is 0.284 e. The van der Waals surface area contributed by atoms with E-state index in [1.807, 2.05) is 6.07 Å². The molecule has 3 heterocycles. The van der Waals surface area contributed by atoms with Gasteiger partial charge in [0.25, 0.3) is 5.24 Å². The van der Waals surface area contributed by atoms with E-state index in [9.17, 15) is 14.4 Å². The molecule has 148 valence electrons. The van der Waals surface area contributed by atoms with Crippen LogP contribution in [0.2, 0.25) is 0 Å². The summed E-state index contributed by atoms with van der Waals surface area (Å²) < 4.78 is 5.35. The van der Waals surface area contributed by atoms with Crippen molar-refractivity contribution >= 4 is 51.5 Å². The molecule has 29 heavy (non-hydrogen) atoms. The molecule has 0 bridgehead atoms. The van der Waals surface area contributed by atoms with Gasteiger partial charge in [-0.1, -0.05) is 53.9 Å². The molecule has 4 rings (SSSR count). The normalized spacial score (nSPS) is 21.9. The van der Waals surface area contributed by atoms with Crippen LogP contribution in [0.15, 0.2) is 63.3 Å². The number of hydrogen-bond donors (Lipinski definition) is 1. The van der Waals surface area contributed by atoms with E-state index in [0.29, 0.717) is 28.1 Å². The largest absolute Gasteiger partial charge is 0.467 e. The van der Waals surface area contributed by atoms with Crippen molar-refractivity contribution < 1.29 is 18.8 Å². The number of furan rings is 1. The van der Waals surface area contributed by atoms with Crippen LogP contribution in [0, 0.1) is 0 Å². The molecular formula is C19H16N4O4S2. The molecule has 2 aromatic rings. The van der Waals surface area contributed by atoms with Crippen LogP contribution in [-0.4, -0.2) is 43.8 Å². The van der Waals surface area contributed by atoms with Crippen LogP contribution in [0.3, 0.4) is 0 Å². The molecule has 2 amide bonds. The lowest BCUT2D eigenvalue weighted by Gasteiger charge is -2.14. The number of carbonyl (C=O) groups is 3. The number of amides is 2. The monoisotopic (exact) mass is 428 g/mol. The quantitative estimate of drug-likeness (QED) is 0.560. The van der Waals surface area contributed by atoms with Gasteiger partial charge >= 0.3 is 0 Å². The molecule has 1 atom stereocenters. The number of benzene rings is 1. The number of nitrogens with one attached hydrogen (secondary N) is 1. The second-order valence-electron chi connectivity index (χ2n) is 6.23. The first-order valence-electron chi connectivity index (χ1n) is 8.77. The van der Waals surface area contributed by atoms with Crippen molar-refractivity contribution in [1.29, 1.82) is 0 Å². The second-order valence-corrected chi connectivity index (χ2v) is 8.35. The van der Waals surface area contributed by atoms with Gasteiger partial charge in [0.1, 0.15) is 11.6 Å². The molecule has 1 aromatic heterocycles. The van der Waals surface area contributed by atoms with Crippen molar-refractivity contribution in [2.24, 2.45) is 10.2 Å². The van der Waals surface area contributed by atoms with Crippen LogP contribution in [0.1, 0.15) is 22.5 Å². The number of thioether (sulfide) groups is 2. The summed E-state index contributed by atoms with van der Waals surface area (Å²) in [5, 5.41) is 10.4. The summed E-state index contributed by atoms with van der Waals surface area (Å²) in [7, 11) is 0. The van der Waals surface area contributed by atoms with Crippen molar-refractivity contribution in [3.63, 3.8) is 0 Å². The number of hydrogen-bond acceptors (Lipinski definition) is 8. The second kappa shape index (κ2) is 8.66. The number of Topliss-reactive ketones (excluding diaryl/α,β-unsaturated/α-hetero) is 1. The minimum absolute atomic E-state index is 0.0599. The fourth-order valence-electron chi connectivity index (χ4n) is 2.81. The molecule has 8 nitrogen and oxygen atoms in total. The molecule has 2 saturated heterocycles. The summed E-state index contributed by atoms with van der Waals surface area (Å²) >= 11 is 2.30. The Labute approximate surface area is 174 Å². The number of nitrogens with zero attached hydrogens (tertiary/aromatic N) is 3. The van der Waals surface area contributed by atoms with Crippen LogP contribution in [0.5, 0.6) is 0 Å². The SMILES string of the molecule is O=C1N/C(=N/N=C2\S[C@H](CC(=O)c3ccccc3)C(=O)N2Cc2ccco2)CS1. The first-order valence-corrected chi connectivity index (χ1v) is 10.6. The van der Waals surface area contributed by atoms with Gasteiger partial charge in [-0.05, 0) is 12.1 Å². The molecule has 0 aliphatic carbocycles. The van der Waals surface area contributed by atoms with Gasteiger partial charge < -0.3 is 9.73 Å². The minimum Gasteiger partial charge on any atom is -0.467 e. The van der Waals surface area contributed by atoms with E-state index >= 15 is 0 Å². The van der Waals surface area contributed by atoms with Crippen molar-refractivity contribution in [2.45, 2.75) is 18.2 Å². The van der Waals surface area contributed by atoms with Gasteiger partial charge in [0.2, 0.25) is 5.91 Å². The fourth-order valence-corrected chi connectivity index (χ4v) is 4.49. The fraction of sp³-hybridized carbons (Fsp3) is 0.211. The molecule has 0 spiro atoms. The summed E-state index contributed by atoms with van der Waals surface area (Å²) in [5.74, 6) is 1.10. The molecule has 2 fully saturated rings. The maximum absolute atomic E-state index is 13.0. The summed E-state index contributed by atoms with van der Waals surface area (Å²) in [4.78, 5) is 38.3. The minimum atomic E-state index is -0.593. The van der Waals surface area contributed by atoms with E-state index in [4.69, 9.17) is 4.42 Å². The van der Waals surface area contributed by atoms with Gasteiger partial charge in [-0.3, -0.25) is 19.3 Å². The van der Waals surface area contributed by atoms with E-state index in [2.05, 4.69) is 15.5 Å². The molecule has 10 heteroatoms. The van der Waals surface area contributed by atoms with Crippen LogP contribution < -0.4 is 5.32 Å². The molecule has 0 radical (unpaired) electrons. The van der Waals surface area contributed by atoms with E-state index in [1.165, 1.54) is 22.9 Å². The van der Waals surface area contributed by atoms with E-state index < -0.39 is 5.25 Å². The van der Waals surface area contributed by atoms with Gasteiger partial charge in [0, 0.05) is 12.0 Å². The number of rotatable bonds is 6. The van der Waals surface area contributed by atoms with Gasteiger partial charge in [-0.15, -0.1) is 10.2 Å². The number of ketones is 1. The lowest BCUT2D eigenvalue weighted by molar-refractivity contribution is -0.126. The molecule has 1 aromatic carbocycles. The Balaban J connectivity index is 1.54. The van der Waals surface area contributed by atoms with Gasteiger partial charge in [-0.25, -0.2) is 0 Å². The average Bonchev–Trinajstić information content (AvgIpc) is 3.45. The van der Waals surface area contributed by atoms with Crippen LogP contribution in [0.4, 0.5) is 4.79 Å². The zero-order valence-corrected chi connectivity index (χ0v) is 16.7. The van der Waals surface area contributed by atoms with Crippen molar-refractivity contribution in [3.05, 3.63) is 60.1 Å². The van der Waals surface area contributed by atoms with Gasteiger partial charge in [0.15, 0.2) is 11.0 Å². The first-order chi connectivity index (χ1) is 14.1. The summed E-state index contributed by atoms with van der Waals surface area (Å²) in [5.41, 5.74) is 0.565. The van der Waals surface area contributed by atoms with Crippen LogP contribution in [-0.2, 0) is 11.3 Å². The molecule has 0 unspecified atom stereocenters. The molecular weight excluding hydrogens is 412 g/mol. The standard InChI is InChI=1S/C19H16N4O4S2/c24-14(12-5-2-1-3-6-12)9-15-17(25)23(10-13-7-4-8-27-13)18(29-15)22-21-16-11-28-19(26)20-16/h1-8,15H,9-11H2,(H,20,21,26)/b22-18-/t15-/m1/s1. The molecule has 1 N–H and O–H groups in total. The topological polar surface area (TPSA) is 104 Å². The third-order valence-corrected chi connectivity index (χ3v) is 6.17. The van der Waals surface area contributed by atoms with Crippen LogP contribution >= 0.6 is 23.5 Å². The maximum atomic E-state index is 13.0. The number of carbonyl (C=O) groups excluding carboxylic acids is 3. The van der Waals surface area contributed by atoms with Gasteiger partial charge in [0.05, 0.1) is 23.8 Å². The summed E-state index contributed by atoms with van der Waals surface area (Å²) in [6, 6.07) is 12.4. The Morgan fingerprint density at radius 2 is 2.00 bits per heavy atom. The third-order valence-electron chi connectivity index (χ3n) is 4.22. The average molecular weight is 428 g/mol. The smallest absolute Gasteiger partial charge is 0.284 e. The Morgan fingerprint density at radius 3 is 2.69 bits per heavy atom. The van der Waals surface area contributed by atoms with E-state index in [0.717, 1.165) is 11.8 Å².